The largest absolute Gasteiger partial charge is 0.348 e. The van der Waals surface area contributed by atoms with Crippen LogP contribution in [-0.2, 0) is 11.3 Å². The maximum absolute atomic E-state index is 11.8. The number of nitrogens with zero attached hydrogens (tertiary/aromatic N) is 1. The molecule has 0 fully saturated rings. The normalized spacial score (nSPS) is 11.4. The fraction of sp³-hybridized carbons (Fsp3) is 0.200. The van der Waals surface area contributed by atoms with Crippen molar-refractivity contribution in [2.75, 3.05) is 0 Å². The molecule has 0 saturated heterocycles. The van der Waals surface area contributed by atoms with Gasteiger partial charge in [0.05, 0.1) is 11.6 Å². The van der Waals surface area contributed by atoms with Crippen molar-refractivity contribution in [2.45, 2.75) is 20.4 Å². The number of thiazole rings is 1. The smallest absolute Gasteiger partial charge is 0.244 e. The van der Waals surface area contributed by atoms with Crippen LogP contribution < -0.4 is 5.32 Å². The molecule has 0 radical (unpaired) electrons. The van der Waals surface area contributed by atoms with Gasteiger partial charge in [-0.3, -0.25) is 4.79 Å². The second kappa shape index (κ2) is 6.29. The minimum absolute atomic E-state index is 0.0765. The SMILES string of the molecule is CC(=CC(=O)NCc1cnc(C)s1)c1ccccc1. The minimum Gasteiger partial charge on any atom is -0.348 e. The van der Waals surface area contributed by atoms with Crippen LogP contribution >= 0.6 is 11.3 Å². The molecule has 1 amide bonds. The molecule has 1 heterocycles. The summed E-state index contributed by atoms with van der Waals surface area (Å²) in [6.07, 6.45) is 3.43. The first-order chi connectivity index (χ1) is 9.15. The summed E-state index contributed by atoms with van der Waals surface area (Å²) in [4.78, 5) is 17.0. The molecule has 0 aliphatic heterocycles. The lowest BCUT2D eigenvalue weighted by Gasteiger charge is -2.02. The molecule has 0 aliphatic rings. The standard InChI is InChI=1S/C15H16N2OS/c1-11(13-6-4-3-5-7-13)8-15(18)17-10-14-9-16-12(2)19-14/h3-9H,10H2,1-2H3,(H,17,18). The van der Waals surface area contributed by atoms with Crippen LogP contribution in [0.4, 0.5) is 0 Å². The molecular weight excluding hydrogens is 256 g/mol. The van der Waals surface area contributed by atoms with Crippen molar-refractivity contribution >= 4 is 22.8 Å². The Kier molecular flexibility index (Phi) is 4.47. The lowest BCUT2D eigenvalue weighted by atomic mass is 10.1. The number of benzene rings is 1. The minimum atomic E-state index is -0.0765. The summed E-state index contributed by atoms with van der Waals surface area (Å²) in [6.45, 7) is 4.42. The van der Waals surface area contributed by atoms with Crippen LogP contribution in [-0.4, -0.2) is 10.9 Å². The molecule has 1 aromatic carbocycles. The molecule has 0 spiro atoms. The number of carbonyl (C=O) groups is 1. The van der Waals surface area contributed by atoms with Gasteiger partial charge in [0.2, 0.25) is 5.91 Å². The van der Waals surface area contributed by atoms with Crippen molar-refractivity contribution in [2.24, 2.45) is 0 Å². The number of carbonyl (C=O) groups excluding carboxylic acids is 1. The van der Waals surface area contributed by atoms with Gasteiger partial charge >= 0.3 is 0 Å². The number of nitrogens with one attached hydrogen (secondary N) is 1. The highest BCUT2D eigenvalue weighted by Crippen LogP contribution is 2.13. The Balaban J connectivity index is 1.94. The molecule has 4 heteroatoms. The highest BCUT2D eigenvalue weighted by molar-refractivity contribution is 7.11. The predicted octanol–water partition coefficient (Wildman–Crippen LogP) is 3.17. The van der Waals surface area contributed by atoms with Crippen LogP contribution in [0.5, 0.6) is 0 Å². The molecule has 0 atom stereocenters. The molecule has 0 aliphatic carbocycles. The van der Waals surface area contributed by atoms with E-state index < -0.39 is 0 Å². The van der Waals surface area contributed by atoms with Gasteiger partial charge in [-0.15, -0.1) is 11.3 Å². The Labute approximate surface area is 117 Å². The fourth-order valence-corrected chi connectivity index (χ4v) is 2.43. The second-order valence-electron chi connectivity index (χ2n) is 4.26. The van der Waals surface area contributed by atoms with Crippen LogP contribution in [0.15, 0.2) is 42.6 Å². The van der Waals surface area contributed by atoms with Gasteiger partial charge in [0, 0.05) is 17.2 Å². The van der Waals surface area contributed by atoms with E-state index in [2.05, 4.69) is 10.3 Å². The third-order valence-corrected chi connectivity index (χ3v) is 3.60. The Morgan fingerprint density at radius 3 is 2.74 bits per heavy atom. The van der Waals surface area contributed by atoms with Crippen molar-refractivity contribution in [3.8, 4) is 0 Å². The van der Waals surface area contributed by atoms with Gasteiger partial charge in [-0.1, -0.05) is 30.3 Å². The van der Waals surface area contributed by atoms with Gasteiger partial charge in [0.25, 0.3) is 0 Å². The van der Waals surface area contributed by atoms with Crippen LogP contribution in [0.2, 0.25) is 0 Å². The highest BCUT2D eigenvalue weighted by Gasteiger charge is 2.02. The molecule has 2 aromatic rings. The summed E-state index contributed by atoms with van der Waals surface area (Å²) < 4.78 is 0. The van der Waals surface area contributed by atoms with Gasteiger partial charge < -0.3 is 5.32 Å². The van der Waals surface area contributed by atoms with E-state index in [4.69, 9.17) is 0 Å². The van der Waals surface area contributed by atoms with E-state index in [1.807, 2.05) is 44.2 Å². The van der Waals surface area contributed by atoms with Gasteiger partial charge in [-0.05, 0) is 25.0 Å². The summed E-state index contributed by atoms with van der Waals surface area (Å²) in [7, 11) is 0. The van der Waals surface area contributed by atoms with E-state index in [0.29, 0.717) is 6.54 Å². The molecule has 0 unspecified atom stereocenters. The second-order valence-corrected chi connectivity index (χ2v) is 5.58. The Morgan fingerprint density at radius 1 is 1.37 bits per heavy atom. The third-order valence-electron chi connectivity index (χ3n) is 2.68. The van der Waals surface area contributed by atoms with Gasteiger partial charge in [-0.2, -0.15) is 0 Å². The summed E-state index contributed by atoms with van der Waals surface area (Å²) in [5.41, 5.74) is 2.02. The molecule has 1 aromatic heterocycles. The number of rotatable bonds is 4. The van der Waals surface area contributed by atoms with Gasteiger partial charge in [-0.25, -0.2) is 4.98 Å². The topological polar surface area (TPSA) is 42.0 Å². The Morgan fingerprint density at radius 2 is 2.11 bits per heavy atom. The quantitative estimate of drug-likeness (QED) is 0.869. The van der Waals surface area contributed by atoms with Gasteiger partial charge in [0.1, 0.15) is 0 Å². The van der Waals surface area contributed by atoms with Crippen LogP contribution in [0.1, 0.15) is 22.4 Å². The molecule has 2 rings (SSSR count). The Hall–Kier alpha value is -1.94. The number of hydrogen-bond donors (Lipinski definition) is 1. The molecule has 0 bridgehead atoms. The highest BCUT2D eigenvalue weighted by atomic mass is 32.1. The van der Waals surface area contributed by atoms with E-state index in [1.54, 1.807) is 23.6 Å². The number of allylic oxidation sites excluding steroid dienone is 1. The first kappa shape index (κ1) is 13.5. The summed E-state index contributed by atoms with van der Waals surface area (Å²) in [5.74, 6) is -0.0765. The molecular formula is C15H16N2OS. The van der Waals surface area contributed by atoms with E-state index in [9.17, 15) is 4.79 Å². The van der Waals surface area contributed by atoms with E-state index >= 15 is 0 Å². The van der Waals surface area contributed by atoms with Crippen molar-refractivity contribution < 1.29 is 4.79 Å². The maximum Gasteiger partial charge on any atom is 0.244 e. The zero-order valence-corrected chi connectivity index (χ0v) is 11.8. The average Bonchev–Trinajstić information content (AvgIpc) is 2.83. The lowest BCUT2D eigenvalue weighted by Crippen LogP contribution is -2.20. The number of aryl methyl sites for hydroxylation is 1. The molecule has 1 N–H and O–H groups in total. The Bertz CT molecular complexity index is 587. The number of aromatic nitrogens is 1. The number of amides is 1. The van der Waals surface area contributed by atoms with Crippen molar-refractivity contribution in [1.82, 2.24) is 10.3 Å². The average molecular weight is 272 g/mol. The van der Waals surface area contributed by atoms with Crippen molar-refractivity contribution in [1.29, 1.82) is 0 Å². The summed E-state index contributed by atoms with van der Waals surface area (Å²) in [6, 6.07) is 9.87. The number of hydrogen-bond acceptors (Lipinski definition) is 3. The van der Waals surface area contributed by atoms with Crippen LogP contribution in [0.25, 0.3) is 5.57 Å². The monoisotopic (exact) mass is 272 g/mol. The van der Waals surface area contributed by atoms with Crippen LogP contribution in [0.3, 0.4) is 0 Å². The maximum atomic E-state index is 11.8. The molecule has 98 valence electrons. The van der Waals surface area contributed by atoms with E-state index in [1.165, 1.54) is 0 Å². The lowest BCUT2D eigenvalue weighted by molar-refractivity contribution is -0.116. The van der Waals surface area contributed by atoms with Crippen molar-refractivity contribution in [3.63, 3.8) is 0 Å². The van der Waals surface area contributed by atoms with Gasteiger partial charge in [0.15, 0.2) is 0 Å². The van der Waals surface area contributed by atoms with Crippen LogP contribution in [0, 0.1) is 6.92 Å². The molecule has 0 saturated carbocycles. The zero-order chi connectivity index (χ0) is 13.7. The first-order valence-corrected chi connectivity index (χ1v) is 6.89. The third kappa shape index (κ3) is 4.03. The van der Waals surface area contributed by atoms with Crippen molar-refractivity contribution in [3.05, 3.63) is 58.1 Å². The summed E-state index contributed by atoms with van der Waals surface area (Å²) in [5, 5.41) is 3.88. The fourth-order valence-electron chi connectivity index (χ4n) is 1.69. The zero-order valence-electron chi connectivity index (χ0n) is 11.0. The predicted molar refractivity (Wildman–Crippen MR) is 78.8 cm³/mol. The molecule has 3 nitrogen and oxygen atoms in total. The summed E-state index contributed by atoms with van der Waals surface area (Å²) >= 11 is 1.60. The first-order valence-electron chi connectivity index (χ1n) is 6.08. The van der Waals surface area contributed by atoms with E-state index in [-0.39, 0.29) is 5.91 Å². The molecule has 19 heavy (non-hydrogen) atoms. The van der Waals surface area contributed by atoms with E-state index in [0.717, 1.165) is 21.0 Å².